The summed E-state index contributed by atoms with van der Waals surface area (Å²) in [7, 11) is -3.65. The van der Waals surface area contributed by atoms with Crippen molar-refractivity contribution in [2.24, 2.45) is 5.73 Å². The van der Waals surface area contributed by atoms with Crippen LogP contribution in [0, 0.1) is 27.7 Å². The Morgan fingerprint density at radius 1 is 1.17 bits per heavy atom. The molecule has 1 unspecified atom stereocenters. The van der Waals surface area contributed by atoms with Gasteiger partial charge in [-0.25, -0.2) is 8.42 Å². The molecule has 3 rings (SSSR count). The maximum Gasteiger partial charge on any atom is 0.267 e. The van der Waals surface area contributed by atoms with E-state index in [9.17, 15) is 13.2 Å². The molecular formula is C21H27N3O4S. The minimum atomic E-state index is -3.65. The number of carbonyl (C=O) groups is 1. The Hall–Kier alpha value is -2.45. The number of aromatic nitrogens is 1. The van der Waals surface area contributed by atoms with Crippen molar-refractivity contribution >= 4 is 15.9 Å². The van der Waals surface area contributed by atoms with E-state index in [-0.39, 0.29) is 18.3 Å². The van der Waals surface area contributed by atoms with E-state index in [1.807, 2.05) is 33.8 Å². The minimum absolute atomic E-state index is 0.115. The van der Waals surface area contributed by atoms with E-state index in [1.54, 1.807) is 6.07 Å². The second-order valence-corrected chi connectivity index (χ2v) is 9.45. The van der Waals surface area contributed by atoms with Crippen LogP contribution < -0.4 is 10.5 Å². The lowest BCUT2D eigenvalue weighted by Crippen LogP contribution is -2.44. The number of sulfonamides is 1. The van der Waals surface area contributed by atoms with Gasteiger partial charge in [0.2, 0.25) is 10.0 Å². The topological polar surface area (TPSA) is 103 Å². The third-order valence-corrected chi connectivity index (χ3v) is 7.66. The molecule has 8 heteroatoms. The molecular weight excluding hydrogens is 390 g/mol. The van der Waals surface area contributed by atoms with Crippen LogP contribution in [0.5, 0.6) is 5.75 Å². The summed E-state index contributed by atoms with van der Waals surface area (Å²) in [6, 6.07) is 5.14. The average molecular weight is 418 g/mol. The highest BCUT2D eigenvalue weighted by atomic mass is 32.2. The summed E-state index contributed by atoms with van der Waals surface area (Å²) in [6.45, 7) is 8.29. The largest absolute Gasteiger partial charge is 0.489 e. The first-order valence-corrected chi connectivity index (χ1v) is 11.1. The van der Waals surface area contributed by atoms with Crippen LogP contribution in [0.25, 0.3) is 0 Å². The summed E-state index contributed by atoms with van der Waals surface area (Å²) in [5, 5.41) is 0. The second kappa shape index (κ2) is 8.12. The highest BCUT2D eigenvalue weighted by Crippen LogP contribution is 2.31. The highest BCUT2D eigenvalue weighted by molar-refractivity contribution is 7.89. The Morgan fingerprint density at radius 3 is 2.45 bits per heavy atom. The van der Waals surface area contributed by atoms with Crippen LogP contribution in [0.1, 0.15) is 45.6 Å². The molecule has 1 aromatic heterocycles. The van der Waals surface area contributed by atoms with Crippen LogP contribution in [0.4, 0.5) is 0 Å². The molecule has 0 saturated carbocycles. The minimum Gasteiger partial charge on any atom is -0.489 e. The van der Waals surface area contributed by atoms with Gasteiger partial charge in [0, 0.05) is 18.8 Å². The van der Waals surface area contributed by atoms with Crippen LogP contribution in [-0.2, 0) is 10.0 Å². The SMILES string of the molecule is Cc1cc(C)c(C)c(S(=O)(=O)N2CCCC(Oc3ccnc(C(N)=O)c3)C2)c1C. The number of ether oxygens (including phenoxy) is 1. The van der Waals surface area contributed by atoms with Crippen molar-refractivity contribution in [1.29, 1.82) is 0 Å². The molecule has 0 aliphatic carbocycles. The predicted octanol–water partition coefficient (Wildman–Crippen LogP) is 2.65. The molecule has 1 amide bonds. The molecule has 1 aliphatic heterocycles. The molecule has 2 heterocycles. The van der Waals surface area contributed by atoms with Gasteiger partial charge in [0.25, 0.3) is 5.91 Å². The van der Waals surface area contributed by atoms with E-state index in [4.69, 9.17) is 10.5 Å². The quantitative estimate of drug-likeness (QED) is 0.806. The number of primary amides is 1. The summed E-state index contributed by atoms with van der Waals surface area (Å²) in [5.41, 5.74) is 8.89. The molecule has 0 bridgehead atoms. The van der Waals surface area contributed by atoms with Gasteiger partial charge < -0.3 is 10.5 Å². The predicted molar refractivity (Wildman–Crippen MR) is 111 cm³/mol. The van der Waals surface area contributed by atoms with Gasteiger partial charge in [-0.05, 0) is 68.9 Å². The fourth-order valence-electron chi connectivity index (χ4n) is 3.73. The lowest BCUT2D eigenvalue weighted by atomic mass is 10.0. The molecule has 1 aliphatic rings. The monoisotopic (exact) mass is 417 g/mol. The van der Waals surface area contributed by atoms with E-state index in [0.29, 0.717) is 23.6 Å². The highest BCUT2D eigenvalue weighted by Gasteiger charge is 2.34. The Labute approximate surface area is 171 Å². The van der Waals surface area contributed by atoms with Crippen molar-refractivity contribution in [3.8, 4) is 5.75 Å². The average Bonchev–Trinajstić information content (AvgIpc) is 2.67. The molecule has 1 saturated heterocycles. The Morgan fingerprint density at radius 2 is 1.83 bits per heavy atom. The van der Waals surface area contributed by atoms with E-state index < -0.39 is 15.9 Å². The molecule has 29 heavy (non-hydrogen) atoms. The van der Waals surface area contributed by atoms with Gasteiger partial charge in [-0.3, -0.25) is 9.78 Å². The third-order valence-electron chi connectivity index (χ3n) is 5.52. The number of aryl methyl sites for hydroxylation is 2. The number of piperidine rings is 1. The van der Waals surface area contributed by atoms with Gasteiger partial charge in [0.05, 0.1) is 11.4 Å². The Kier molecular flexibility index (Phi) is 5.95. The lowest BCUT2D eigenvalue weighted by molar-refractivity contribution is 0.0993. The first kappa shape index (κ1) is 21.3. The molecule has 2 aromatic rings. The number of rotatable bonds is 5. The third kappa shape index (κ3) is 4.28. The number of pyridine rings is 1. The molecule has 1 aromatic carbocycles. The van der Waals surface area contributed by atoms with Gasteiger partial charge in [0.1, 0.15) is 17.5 Å². The number of nitrogens with two attached hydrogens (primary N) is 1. The number of nitrogens with zero attached hydrogens (tertiary/aromatic N) is 2. The smallest absolute Gasteiger partial charge is 0.267 e. The van der Waals surface area contributed by atoms with Crippen molar-refractivity contribution in [3.05, 3.63) is 52.3 Å². The molecule has 0 spiro atoms. The zero-order chi connectivity index (χ0) is 21.3. The normalized spacial score (nSPS) is 17.9. The van der Waals surface area contributed by atoms with Crippen molar-refractivity contribution in [2.45, 2.75) is 51.5 Å². The summed E-state index contributed by atoms with van der Waals surface area (Å²) in [6.07, 6.45) is 2.56. The van der Waals surface area contributed by atoms with Crippen molar-refractivity contribution < 1.29 is 17.9 Å². The molecule has 156 valence electrons. The number of benzene rings is 1. The van der Waals surface area contributed by atoms with Gasteiger partial charge in [-0.15, -0.1) is 0 Å². The second-order valence-electron chi connectivity index (χ2n) is 7.58. The van der Waals surface area contributed by atoms with Gasteiger partial charge in [-0.2, -0.15) is 4.31 Å². The van der Waals surface area contributed by atoms with Crippen molar-refractivity contribution in [1.82, 2.24) is 9.29 Å². The van der Waals surface area contributed by atoms with Gasteiger partial charge >= 0.3 is 0 Å². The first-order valence-electron chi connectivity index (χ1n) is 9.61. The molecule has 7 nitrogen and oxygen atoms in total. The fourth-order valence-corrected chi connectivity index (χ4v) is 5.81. The Bertz CT molecular complexity index is 1020. The zero-order valence-electron chi connectivity index (χ0n) is 17.2. The number of hydrogen-bond acceptors (Lipinski definition) is 5. The Balaban J connectivity index is 1.86. The zero-order valence-corrected chi connectivity index (χ0v) is 18.0. The molecule has 1 fully saturated rings. The van der Waals surface area contributed by atoms with Gasteiger partial charge in [-0.1, -0.05) is 6.07 Å². The van der Waals surface area contributed by atoms with E-state index >= 15 is 0 Å². The van der Waals surface area contributed by atoms with Crippen molar-refractivity contribution in [3.63, 3.8) is 0 Å². The lowest BCUT2D eigenvalue weighted by Gasteiger charge is -2.33. The van der Waals surface area contributed by atoms with Crippen LogP contribution in [0.2, 0.25) is 0 Å². The maximum absolute atomic E-state index is 13.5. The summed E-state index contributed by atoms with van der Waals surface area (Å²) < 4.78 is 34.4. The van der Waals surface area contributed by atoms with Crippen molar-refractivity contribution in [2.75, 3.05) is 13.1 Å². The number of carbonyl (C=O) groups excluding carboxylic acids is 1. The first-order chi connectivity index (χ1) is 13.6. The number of amides is 1. The summed E-state index contributed by atoms with van der Waals surface area (Å²) >= 11 is 0. The maximum atomic E-state index is 13.5. The molecule has 1 atom stereocenters. The van der Waals surface area contributed by atoms with Crippen LogP contribution in [-0.4, -0.2) is 42.8 Å². The number of hydrogen-bond donors (Lipinski definition) is 1. The van der Waals surface area contributed by atoms with Crippen LogP contribution in [0.3, 0.4) is 0 Å². The molecule has 0 radical (unpaired) electrons. The van der Waals surface area contributed by atoms with Crippen LogP contribution >= 0.6 is 0 Å². The fraction of sp³-hybridized carbons (Fsp3) is 0.429. The standard InChI is InChI=1S/C21H27N3O4S/c1-13-10-14(2)16(4)20(15(13)3)29(26,27)24-9-5-6-18(12-24)28-17-7-8-23-19(11-17)21(22)25/h7-8,10-11,18H,5-6,9,12H2,1-4H3,(H2,22,25). The summed E-state index contributed by atoms with van der Waals surface area (Å²) in [5.74, 6) is -0.180. The van der Waals surface area contributed by atoms with E-state index in [2.05, 4.69) is 4.98 Å². The summed E-state index contributed by atoms with van der Waals surface area (Å²) in [4.78, 5) is 15.6. The van der Waals surface area contributed by atoms with Gasteiger partial charge in [0.15, 0.2) is 0 Å². The van der Waals surface area contributed by atoms with E-state index in [1.165, 1.54) is 16.6 Å². The van der Waals surface area contributed by atoms with E-state index in [0.717, 1.165) is 28.7 Å². The molecule has 2 N–H and O–H groups in total. The van der Waals surface area contributed by atoms with Crippen LogP contribution in [0.15, 0.2) is 29.3 Å².